The third-order valence-electron chi connectivity index (χ3n) is 5.58. The molecule has 0 radical (unpaired) electrons. The van der Waals surface area contributed by atoms with Crippen LogP contribution in [0.25, 0.3) is 0 Å². The number of aromatic nitrogens is 2. The molecule has 8 nitrogen and oxygen atoms in total. The van der Waals surface area contributed by atoms with Gasteiger partial charge < -0.3 is 26.2 Å². The molecule has 35 heavy (non-hydrogen) atoms. The molecule has 3 aromatic rings. The molecule has 2 heterocycles. The Kier molecular flexibility index (Phi) is 7.84. The topological polar surface area (TPSA) is 94.2 Å². The van der Waals surface area contributed by atoms with Crippen molar-refractivity contribution in [3.63, 3.8) is 0 Å². The van der Waals surface area contributed by atoms with Gasteiger partial charge in [0.1, 0.15) is 6.67 Å². The van der Waals surface area contributed by atoms with Crippen molar-refractivity contribution in [3.05, 3.63) is 73.2 Å². The molecule has 1 saturated heterocycles. The summed E-state index contributed by atoms with van der Waals surface area (Å²) in [6, 6.07) is 14.6. The van der Waals surface area contributed by atoms with E-state index in [1.165, 1.54) is 6.08 Å². The van der Waals surface area contributed by atoms with Gasteiger partial charge in [-0.2, -0.15) is 4.98 Å². The molecule has 4 N–H and O–H groups in total. The zero-order valence-electron chi connectivity index (χ0n) is 19.1. The van der Waals surface area contributed by atoms with Crippen molar-refractivity contribution >= 4 is 40.4 Å². The van der Waals surface area contributed by atoms with Crippen LogP contribution in [0.5, 0.6) is 0 Å². The fourth-order valence-electron chi connectivity index (χ4n) is 3.90. The number of rotatable bonds is 10. The summed E-state index contributed by atoms with van der Waals surface area (Å²) in [6.07, 6.45) is 3.22. The average Bonchev–Trinajstić information content (AvgIpc) is 3.40. The van der Waals surface area contributed by atoms with Gasteiger partial charge in [-0.1, -0.05) is 12.6 Å². The van der Waals surface area contributed by atoms with Crippen LogP contribution in [0.15, 0.2) is 67.4 Å². The van der Waals surface area contributed by atoms with Gasteiger partial charge in [0.25, 0.3) is 0 Å². The highest BCUT2D eigenvalue weighted by Crippen LogP contribution is 2.25. The van der Waals surface area contributed by atoms with Gasteiger partial charge in [0.05, 0.1) is 6.20 Å². The van der Waals surface area contributed by atoms with E-state index in [-0.39, 0.29) is 23.7 Å². The van der Waals surface area contributed by atoms with Gasteiger partial charge in [-0.05, 0) is 61.5 Å². The van der Waals surface area contributed by atoms with Crippen molar-refractivity contribution in [2.75, 3.05) is 47.2 Å². The van der Waals surface area contributed by atoms with Crippen LogP contribution in [0.1, 0.15) is 6.42 Å². The number of hydrogen-bond donors (Lipinski definition) is 4. The van der Waals surface area contributed by atoms with E-state index in [4.69, 9.17) is 0 Å². The van der Waals surface area contributed by atoms with Crippen molar-refractivity contribution in [1.29, 1.82) is 0 Å². The standard InChI is InChI=1S/C25H27F2N7O/c1-2-23(35)30-18-4-3-5-19(14-18)31-24-22(27)16-29-25(33-24)32-17-6-8-20(9-7-17)34(13-11-26)21-10-12-28-15-21/h2-9,14,16,21,28H,1,10-13,15H2,(H,30,35)(H2,29,31,32,33)/t21-/m0/s1. The Bertz CT molecular complexity index is 1170. The van der Waals surface area contributed by atoms with Gasteiger partial charge in [-0.3, -0.25) is 4.79 Å². The first-order valence-corrected chi connectivity index (χ1v) is 11.3. The monoisotopic (exact) mass is 479 g/mol. The van der Waals surface area contributed by atoms with E-state index in [0.29, 0.717) is 23.6 Å². The Labute approximate surface area is 202 Å². The van der Waals surface area contributed by atoms with Crippen molar-refractivity contribution in [2.45, 2.75) is 12.5 Å². The Morgan fingerprint density at radius 2 is 1.97 bits per heavy atom. The maximum atomic E-state index is 14.4. The Hall–Kier alpha value is -4.05. The van der Waals surface area contributed by atoms with Crippen LogP contribution >= 0.6 is 0 Å². The minimum Gasteiger partial charge on any atom is -0.365 e. The molecule has 1 amide bonds. The van der Waals surface area contributed by atoms with Crippen LogP contribution in [0.4, 0.5) is 43.3 Å². The van der Waals surface area contributed by atoms with E-state index < -0.39 is 12.5 Å². The van der Waals surface area contributed by atoms with Crippen molar-refractivity contribution in [3.8, 4) is 0 Å². The third kappa shape index (κ3) is 6.30. The third-order valence-corrected chi connectivity index (χ3v) is 5.58. The normalized spacial score (nSPS) is 14.9. The number of benzene rings is 2. The molecule has 0 unspecified atom stereocenters. The van der Waals surface area contributed by atoms with Gasteiger partial charge in [0, 0.05) is 41.9 Å². The highest BCUT2D eigenvalue weighted by Gasteiger charge is 2.22. The number of amides is 1. The fraction of sp³-hybridized carbons (Fsp3) is 0.240. The maximum absolute atomic E-state index is 14.4. The lowest BCUT2D eigenvalue weighted by atomic mass is 10.1. The summed E-state index contributed by atoms with van der Waals surface area (Å²) in [5.74, 6) is -0.786. The molecule has 1 aliphatic heterocycles. The van der Waals surface area contributed by atoms with E-state index in [2.05, 4.69) is 42.7 Å². The first kappa shape index (κ1) is 24.1. The lowest BCUT2D eigenvalue weighted by molar-refractivity contribution is -0.111. The molecule has 1 aliphatic rings. The SMILES string of the molecule is C=CC(=O)Nc1cccc(Nc2nc(Nc3ccc(N(CCF)[C@H]4CCNC4)cc3)ncc2F)c1. The predicted molar refractivity (Wildman–Crippen MR) is 135 cm³/mol. The second kappa shape index (κ2) is 11.4. The Morgan fingerprint density at radius 1 is 1.17 bits per heavy atom. The number of alkyl halides is 1. The second-order valence-corrected chi connectivity index (χ2v) is 7.99. The Balaban J connectivity index is 1.46. The predicted octanol–water partition coefficient (Wildman–Crippen LogP) is 4.37. The van der Waals surface area contributed by atoms with Crippen LogP contribution < -0.4 is 26.2 Å². The van der Waals surface area contributed by atoms with Crippen LogP contribution in [0.2, 0.25) is 0 Å². The van der Waals surface area contributed by atoms with Gasteiger partial charge in [0.2, 0.25) is 11.9 Å². The quantitative estimate of drug-likeness (QED) is 0.321. The number of halogens is 2. The molecule has 0 spiro atoms. The van der Waals surface area contributed by atoms with E-state index in [9.17, 15) is 13.6 Å². The molecule has 1 fully saturated rings. The molecule has 182 valence electrons. The first-order valence-electron chi connectivity index (χ1n) is 11.3. The lowest BCUT2D eigenvalue weighted by Gasteiger charge is -2.30. The molecule has 1 atom stereocenters. The molecule has 2 aromatic carbocycles. The van der Waals surface area contributed by atoms with Crippen LogP contribution in [-0.4, -0.2) is 48.2 Å². The summed E-state index contributed by atoms with van der Waals surface area (Å²) in [7, 11) is 0. The molecular formula is C25H27F2N7O. The molecular weight excluding hydrogens is 452 g/mol. The largest absolute Gasteiger partial charge is 0.365 e. The zero-order valence-corrected chi connectivity index (χ0v) is 19.1. The number of carbonyl (C=O) groups is 1. The second-order valence-electron chi connectivity index (χ2n) is 7.99. The van der Waals surface area contributed by atoms with Crippen molar-refractivity contribution < 1.29 is 13.6 Å². The summed E-state index contributed by atoms with van der Waals surface area (Å²) in [6.45, 7) is 5.11. The maximum Gasteiger partial charge on any atom is 0.247 e. The van der Waals surface area contributed by atoms with E-state index >= 15 is 0 Å². The minimum atomic E-state index is -0.626. The molecule has 1 aromatic heterocycles. The molecule has 0 aliphatic carbocycles. The molecule has 0 saturated carbocycles. The van der Waals surface area contributed by atoms with Gasteiger partial charge in [-0.25, -0.2) is 13.8 Å². The number of anilines is 6. The zero-order chi connectivity index (χ0) is 24.6. The highest BCUT2D eigenvalue weighted by atomic mass is 19.1. The van der Waals surface area contributed by atoms with Gasteiger partial charge in [0.15, 0.2) is 11.6 Å². The van der Waals surface area contributed by atoms with Crippen LogP contribution in [0.3, 0.4) is 0 Å². The fourth-order valence-corrected chi connectivity index (χ4v) is 3.90. The van der Waals surface area contributed by atoms with E-state index in [1.54, 1.807) is 24.3 Å². The van der Waals surface area contributed by atoms with Crippen LogP contribution in [0, 0.1) is 5.82 Å². The summed E-state index contributed by atoms with van der Waals surface area (Å²) >= 11 is 0. The Morgan fingerprint density at radius 3 is 2.69 bits per heavy atom. The summed E-state index contributed by atoms with van der Waals surface area (Å²) in [4.78, 5) is 21.9. The minimum absolute atomic E-state index is 0.0193. The lowest BCUT2D eigenvalue weighted by Crippen LogP contribution is -2.38. The van der Waals surface area contributed by atoms with Gasteiger partial charge >= 0.3 is 0 Å². The first-order chi connectivity index (χ1) is 17.1. The number of nitrogens with one attached hydrogen (secondary N) is 4. The average molecular weight is 480 g/mol. The number of carbonyl (C=O) groups excluding carboxylic acids is 1. The number of hydrogen-bond acceptors (Lipinski definition) is 7. The molecule has 4 rings (SSSR count). The highest BCUT2D eigenvalue weighted by molar-refractivity contribution is 5.99. The van der Waals surface area contributed by atoms with Crippen molar-refractivity contribution in [1.82, 2.24) is 15.3 Å². The molecule has 10 heteroatoms. The smallest absolute Gasteiger partial charge is 0.247 e. The van der Waals surface area contributed by atoms with E-state index in [1.807, 2.05) is 24.3 Å². The van der Waals surface area contributed by atoms with E-state index in [0.717, 1.165) is 31.4 Å². The van der Waals surface area contributed by atoms with Gasteiger partial charge in [-0.15, -0.1) is 0 Å². The van der Waals surface area contributed by atoms with Crippen LogP contribution in [-0.2, 0) is 4.79 Å². The van der Waals surface area contributed by atoms with Crippen molar-refractivity contribution in [2.24, 2.45) is 0 Å². The summed E-state index contributed by atoms with van der Waals surface area (Å²) in [5.41, 5.74) is 2.72. The summed E-state index contributed by atoms with van der Waals surface area (Å²) < 4.78 is 27.5. The molecule has 0 bridgehead atoms. The summed E-state index contributed by atoms with van der Waals surface area (Å²) in [5, 5.41) is 11.9. The number of nitrogens with zero attached hydrogens (tertiary/aromatic N) is 3.